The summed E-state index contributed by atoms with van der Waals surface area (Å²) in [4.78, 5) is 7.50. The van der Waals surface area contributed by atoms with Crippen LogP contribution in [0.3, 0.4) is 0 Å². The van der Waals surface area contributed by atoms with E-state index in [9.17, 15) is 0 Å². The van der Waals surface area contributed by atoms with Crippen LogP contribution in [0.15, 0.2) is 24.3 Å². The number of hydrogen-bond acceptors (Lipinski definition) is 1. The fourth-order valence-electron chi connectivity index (χ4n) is 1.24. The third-order valence-corrected chi connectivity index (χ3v) is 2.02. The second-order valence-electron chi connectivity index (χ2n) is 2.78. The van der Waals surface area contributed by atoms with E-state index in [0.29, 0.717) is 0 Å². The van der Waals surface area contributed by atoms with Crippen molar-refractivity contribution in [3.63, 3.8) is 0 Å². The Balaban J connectivity index is 2.62. The van der Waals surface area contributed by atoms with Crippen LogP contribution in [-0.4, -0.2) is 9.97 Å². The van der Waals surface area contributed by atoms with Gasteiger partial charge >= 0.3 is 0 Å². The van der Waals surface area contributed by atoms with Crippen LogP contribution in [0.1, 0.15) is 12.7 Å². The van der Waals surface area contributed by atoms with Crippen molar-refractivity contribution in [2.24, 2.45) is 0 Å². The van der Waals surface area contributed by atoms with Gasteiger partial charge in [0, 0.05) is 5.02 Å². The Morgan fingerprint density at radius 1 is 1.46 bits per heavy atom. The first kappa shape index (κ1) is 8.32. The summed E-state index contributed by atoms with van der Waals surface area (Å²) >= 11 is 5.84. The first-order chi connectivity index (χ1) is 6.29. The Bertz CT molecular complexity index is 457. The molecule has 1 heterocycles. The van der Waals surface area contributed by atoms with E-state index < -0.39 is 0 Å². The Morgan fingerprint density at radius 2 is 2.31 bits per heavy atom. The van der Waals surface area contributed by atoms with Crippen LogP contribution in [0.5, 0.6) is 0 Å². The molecular weight excluding hydrogens is 184 g/mol. The van der Waals surface area contributed by atoms with E-state index in [1.807, 2.05) is 37.3 Å². The van der Waals surface area contributed by atoms with Crippen LogP contribution in [0.25, 0.3) is 17.1 Å². The normalized spacial score (nSPS) is 11.5. The summed E-state index contributed by atoms with van der Waals surface area (Å²) in [6.07, 6.45) is 3.87. The highest BCUT2D eigenvalue weighted by Gasteiger charge is 1.99. The summed E-state index contributed by atoms with van der Waals surface area (Å²) in [7, 11) is 0. The molecule has 0 bridgehead atoms. The molecule has 1 N–H and O–H groups in total. The van der Waals surface area contributed by atoms with E-state index in [0.717, 1.165) is 21.9 Å². The molecular formula is C10H9ClN2. The van der Waals surface area contributed by atoms with Crippen LogP contribution >= 0.6 is 11.6 Å². The zero-order valence-corrected chi connectivity index (χ0v) is 7.97. The highest BCUT2D eigenvalue weighted by atomic mass is 35.5. The largest absolute Gasteiger partial charge is 0.338 e. The summed E-state index contributed by atoms with van der Waals surface area (Å²) in [6, 6.07) is 5.61. The van der Waals surface area contributed by atoms with Gasteiger partial charge in [-0.1, -0.05) is 17.7 Å². The lowest BCUT2D eigenvalue weighted by atomic mass is 10.3. The van der Waals surface area contributed by atoms with Gasteiger partial charge in [-0.3, -0.25) is 0 Å². The van der Waals surface area contributed by atoms with Gasteiger partial charge in [0.1, 0.15) is 5.82 Å². The number of nitrogens with zero attached hydrogens (tertiary/aromatic N) is 1. The molecule has 0 aliphatic heterocycles. The molecule has 1 aromatic carbocycles. The lowest BCUT2D eigenvalue weighted by Gasteiger charge is -1.87. The lowest BCUT2D eigenvalue weighted by molar-refractivity contribution is 1.29. The van der Waals surface area contributed by atoms with Crippen molar-refractivity contribution in [1.29, 1.82) is 0 Å². The van der Waals surface area contributed by atoms with Gasteiger partial charge in [-0.15, -0.1) is 0 Å². The topological polar surface area (TPSA) is 28.7 Å². The molecule has 0 atom stereocenters. The van der Waals surface area contributed by atoms with E-state index >= 15 is 0 Å². The van der Waals surface area contributed by atoms with Gasteiger partial charge in [0.15, 0.2) is 0 Å². The van der Waals surface area contributed by atoms with Crippen LogP contribution in [0.4, 0.5) is 0 Å². The second-order valence-corrected chi connectivity index (χ2v) is 3.22. The Labute approximate surface area is 81.3 Å². The van der Waals surface area contributed by atoms with Crippen molar-refractivity contribution in [3.05, 3.63) is 35.1 Å². The van der Waals surface area contributed by atoms with E-state index in [1.54, 1.807) is 0 Å². The fraction of sp³-hybridized carbons (Fsp3) is 0.100. The predicted octanol–water partition coefficient (Wildman–Crippen LogP) is 3.25. The first-order valence-electron chi connectivity index (χ1n) is 4.07. The quantitative estimate of drug-likeness (QED) is 0.738. The summed E-state index contributed by atoms with van der Waals surface area (Å²) in [6.45, 7) is 1.96. The number of aromatic amines is 1. The van der Waals surface area contributed by atoms with Gasteiger partial charge in [0.2, 0.25) is 0 Å². The molecule has 0 radical (unpaired) electrons. The third kappa shape index (κ3) is 1.58. The highest BCUT2D eigenvalue weighted by Crippen LogP contribution is 2.17. The monoisotopic (exact) mass is 192 g/mol. The third-order valence-electron chi connectivity index (χ3n) is 1.79. The van der Waals surface area contributed by atoms with Crippen LogP contribution < -0.4 is 0 Å². The van der Waals surface area contributed by atoms with Gasteiger partial charge in [-0.2, -0.15) is 0 Å². The zero-order valence-electron chi connectivity index (χ0n) is 7.21. The molecule has 0 unspecified atom stereocenters. The minimum absolute atomic E-state index is 0.725. The smallest absolute Gasteiger partial charge is 0.130 e. The molecule has 0 saturated heterocycles. The average molecular weight is 193 g/mol. The minimum atomic E-state index is 0.725. The summed E-state index contributed by atoms with van der Waals surface area (Å²) in [5.74, 6) is 0.861. The van der Waals surface area contributed by atoms with Gasteiger partial charge < -0.3 is 4.98 Å². The van der Waals surface area contributed by atoms with Crippen molar-refractivity contribution < 1.29 is 0 Å². The second kappa shape index (κ2) is 3.23. The van der Waals surface area contributed by atoms with Gasteiger partial charge in [0.25, 0.3) is 0 Å². The molecule has 0 saturated carbocycles. The molecule has 0 aliphatic rings. The molecule has 66 valence electrons. The van der Waals surface area contributed by atoms with Crippen molar-refractivity contribution in [3.8, 4) is 0 Å². The number of imidazole rings is 1. The maximum absolute atomic E-state index is 5.84. The number of rotatable bonds is 1. The molecule has 0 amide bonds. The number of allylic oxidation sites excluding steroid dienone is 1. The van der Waals surface area contributed by atoms with Crippen molar-refractivity contribution in [2.45, 2.75) is 6.92 Å². The molecule has 0 fully saturated rings. The summed E-state index contributed by atoms with van der Waals surface area (Å²) in [5.41, 5.74) is 1.91. The summed E-state index contributed by atoms with van der Waals surface area (Å²) < 4.78 is 0. The van der Waals surface area contributed by atoms with Crippen LogP contribution in [0, 0.1) is 0 Å². The lowest BCUT2D eigenvalue weighted by Crippen LogP contribution is -1.70. The minimum Gasteiger partial charge on any atom is -0.338 e. The maximum atomic E-state index is 5.84. The van der Waals surface area contributed by atoms with Crippen LogP contribution in [-0.2, 0) is 0 Å². The Kier molecular flexibility index (Phi) is 2.07. The van der Waals surface area contributed by atoms with Gasteiger partial charge in [0.05, 0.1) is 11.0 Å². The van der Waals surface area contributed by atoms with Gasteiger partial charge in [-0.05, 0) is 31.2 Å². The van der Waals surface area contributed by atoms with Crippen molar-refractivity contribution in [1.82, 2.24) is 9.97 Å². The molecule has 3 heteroatoms. The summed E-state index contributed by atoms with van der Waals surface area (Å²) in [5, 5.41) is 0.725. The molecule has 1 aromatic heterocycles. The number of benzene rings is 1. The molecule has 2 rings (SSSR count). The Morgan fingerprint density at radius 3 is 3.08 bits per heavy atom. The number of fused-ring (bicyclic) bond motifs is 1. The molecule has 0 spiro atoms. The van der Waals surface area contributed by atoms with E-state index in [-0.39, 0.29) is 0 Å². The number of H-pyrrole nitrogens is 1. The predicted molar refractivity (Wildman–Crippen MR) is 55.8 cm³/mol. The molecule has 2 aromatic rings. The Hall–Kier alpha value is -1.28. The molecule has 13 heavy (non-hydrogen) atoms. The van der Waals surface area contributed by atoms with Crippen molar-refractivity contribution >= 4 is 28.7 Å². The van der Waals surface area contributed by atoms with E-state index in [1.165, 1.54) is 0 Å². The number of hydrogen-bond donors (Lipinski definition) is 1. The van der Waals surface area contributed by atoms with Crippen LogP contribution in [0.2, 0.25) is 5.02 Å². The number of nitrogens with one attached hydrogen (secondary N) is 1. The fourth-order valence-corrected chi connectivity index (χ4v) is 1.41. The van der Waals surface area contributed by atoms with E-state index in [4.69, 9.17) is 11.6 Å². The molecule has 2 nitrogen and oxygen atoms in total. The number of halogens is 1. The number of aromatic nitrogens is 2. The van der Waals surface area contributed by atoms with E-state index in [2.05, 4.69) is 9.97 Å². The zero-order chi connectivity index (χ0) is 9.26. The SMILES string of the molecule is CC=Cc1nc2ccc(Cl)cc2[nH]1. The first-order valence-corrected chi connectivity index (χ1v) is 4.45. The molecule has 0 aliphatic carbocycles. The highest BCUT2D eigenvalue weighted by molar-refractivity contribution is 6.31. The standard InChI is InChI=1S/C10H9ClN2/c1-2-3-10-12-8-5-4-7(11)6-9(8)13-10/h2-6H,1H3,(H,12,13). The average Bonchev–Trinajstić information content (AvgIpc) is 2.46. The van der Waals surface area contributed by atoms with Crippen molar-refractivity contribution in [2.75, 3.05) is 0 Å². The van der Waals surface area contributed by atoms with Gasteiger partial charge in [-0.25, -0.2) is 4.98 Å². The maximum Gasteiger partial charge on any atom is 0.130 e.